The van der Waals surface area contributed by atoms with Crippen LogP contribution in [0.3, 0.4) is 0 Å². The minimum absolute atomic E-state index is 0.225. The predicted molar refractivity (Wildman–Crippen MR) is 132 cm³/mol. The van der Waals surface area contributed by atoms with Crippen molar-refractivity contribution < 1.29 is 14.3 Å². The molecule has 174 valence electrons. The molecule has 0 bridgehead atoms. The van der Waals surface area contributed by atoms with Crippen LogP contribution in [0.15, 0.2) is 66.9 Å². The number of fused-ring (bicyclic) bond motifs is 2. The molecule has 1 aliphatic heterocycles. The van der Waals surface area contributed by atoms with Crippen molar-refractivity contribution >= 4 is 16.8 Å². The van der Waals surface area contributed by atoms with Crippen LogP contribution in [0.1, 0.15) is 34.1 Å². The topological polar surface area (TPSA) is 97.1 Å². The Balaban J connectivity index is 1.36. The quantitative estimate of drug-likeness (QED) is 0.466. The summed E-state index contributed by atoms with van der Waals surface area (Å²) in [5.74, 6) is 0.530. The zero-order valence-electron chi connectivity index (χ0n) is 19.5. The molecule has 3 heterocycles. The van der Waals surface area contributed by atoms with Crippen LogP contribution >= 0.6 is 0 Å². The van der Waals surface area contributed by atoms with E-state index in [1.807, 2.05) is 55.5 Å². The lowest BCUT2D eigenvalue weighted by Gasteiger charge is -2.30. The van der Waals surface area contributed by atoms with Crippen LogP contribution in [0, 0.1) is 11.3 Å². The number of carbonyl (C=O) groups excluding carboxylic acids is 1. The molecule has 1 aliphatic rings. The number of benzene rings is 2. The van der Waals surface area contributed by atoms with Gasteiger partial charge in [0.15, 0.2) is 0 Å². The van der Waals surface area contributed by atoms with Gasteiger partial charge in [0.05, 0.1) is 49.8 Å². The highest BCUT2D eigenvalue weighted by molar-refractivity contribution is 5.94. The highest BCUT2D eigenvalue weighted by atomic mass is 16.5. The largest absolute Gasteiger partial charge is 0.496 e. The summed E-state index contributed by atoms with van der Waals surface area (Å²) in [5, 5.41) is 13.5. The number of nitrogens with one attached hydrogen (secondary N) is 1. The van der Waals surface area contributed by atoms with Crippen molar-refractivity contribution in [1.29, 1.82) is 5.26 Å². The first-order valence-electron chi connectivity index (χ1n) is 11.3. The number of hydrogen-bond acceptors (Lipinski definition) is 6. The molecule has 0 spiro atoms. The van der Waals surface area contributed by atoms with Crippen molar-refractivity contribution in [3.05, 3.63) is 89.2 Å². The molecule has 2 aromatic carbocycles. The SMILES string of the molecule is COc1ccccc1-c1ccc2cnc(CNC(=O)c3ccc4c(c3)[C@](C)(C#N)COC4)cc2n1. The molecule has 0 fully saturated rings. The number of pyridine rings is 2. The summed E-state index contributed by atoms with van der Waals surface area (Å²) in [7, 11) is 1.64. The van der Waals surface area contributed by atoms with Gasteiger partial charge in [0.2, 0.25) is 0 Å². The Morgan fingerprint density at radius 1 is 1.20 bits per heavy atom. The summed E-state index contributed by atoms with van der Waals surface area (Å²) in [6.07, 6.45) is 1.76. The van der Waals surface area contributed by atoms with Gasteiger partial charge in [-0.15, -0.1) is 0 Å². The zero-order chi connectivity index (χ0) is 24.4. The number of amides is 1. The van der Waals surface area contributed by atoms with E-state index in [9.17, 15) is 10.1 Å². The average Bonchev–Trinajstić information content (AvgIpc) is 2.91. The summed E-state index contributed by atoms with van der Waals surface area (Å²) < 4.78 is 11.0. The number of para-hydroxylation sites is 1. The summed E-state index contributed by atoms with van der Waals surface area (Å²) in [6.45, 7) is 2.84. The van der Waals surface area contributed by atoms with Crippen molar-refractivity contribution in [1.82, 2.24) is 15.3 Å². The lowest BCUT2D eigenvalue weighted by molar-refractivity contribution is 0.0757. The fraction of sp³-hybridized carbons (Fsp3) is 0.214. The van der Waals surface area contributed by atoms with Crippen molar-refractivity contribution in [2.75, 3.05) is 13.7 Å². The van der Waals surface area contributed by atoms with Gasteiger partial charge in [0.1, 0.15) is 11.2 Å². The highest BCUT2D eigenvalue weighted by Gasteiger charge is 2.33. The number of aromatic nitrogens is 2. The first-order chi connectivity index (χ1) is 17.0. The fourth-order valence-electron chi connectivity index (χ4n) is 4.33. The summed E-state index contributed by atoms with van der Waals surface area (Å²) in [4.78, 5) is 22.2. The van der Waals surface area contributed by atoms with Crippen LogP contribution in [0.2, 0.25) is 0 Å². The van der Waals surface area contributed by atoms with Crippen LogP contribution in [0.25, 0.3) is 22.2 Å². The molecule has 1 atom stereocenters. The number of rotatable bonds is 5. The Kier molecular flexibility index (Phi) is 5.89. The second-order valence-corrected chi connectivity index (χ2v) is 8.76. The molecule has 0 saturated heterocycles. The van der Waals surface area contributed by atoms with Gasteiger partial charge in [-0.3, -0.25) is 9.78 Å². The van der Waals surface area contributed by atoms with Gasteiger partial charge in [-0.25, -0.2) is 4.98 Å². The third-order valence-electron chi connectivity index (χ3n) is 6.30. The molecule has 1 amide bonds. The average molecular weight is 465 g/mol. The van der Waals surface area contributed by atoms with Crippen molar-refractivity contribution in [3.63, 3.8) is 0 Å². The van der Waals surface area contributed by atoms with Crippen molar-refractivity contribution in [2.45, 2.75) is 25.5 Å². The maximum Gasteiger partial charge on any atom is 0.251 e. The molecule has 2 aromatic heterocycles. The van der Waals surface area contributed by atoms with Crippen molar-refractivity contribution in [3.8, 4) is 23.1 Å². The Morgan fingerprint density at radius 2 is 2.06 bits per heavy atom. The first kappa shape index (κ1) is 22.5. The third kappa shape index (κ3) is 4.32. The number of methoxy groups -OCH3 is 1. The van der Waals surface area contributed by atoms with E-state index >= 15 is 0 Å². The van der Waals surface area contributed by atoms with E-state index in [4.69, 9.17) is 14.5 Å². The molecule has 0 aliphatic carbocycles. The van der Waals surface area contributed by atoms with Crippen LogP contribution in [0.5, 0.6) is 5.75 Å². The Bertz CT molecular complexity index is 1480. The van der Waals surface area contributed by atoms with E-state index in [0.717, 1.165) is 39.0 Å². The number of carbonyl (C=O) groups is 1. The molecule has 35 heavy (non-hydrogen) atoms. The van der Waals surface area contributed by atoms with Gasteiger partial charge in [-0.1, -0.05) is 18.2 Å². The van der Waals surface area contributed by atoms with Gasteiger partial charge in [0.25, 0.3) is 5.91 Å². The maximum absolute atomic E-state index is 12.9. The monoisotopic (exact) mass is 464 g/mol. The van der Waals surface area contributed by atoms with E-state index in [0.29, 0.717) is 24.5 Å². The number of nitriles is 1. The van der Waals surface area contributed by atoms with E-state index in [1.165, 1.54) is 0 Å². The van der Waals surface area contributed by atoms with E-state index in [1.54, 1.807) is 25.4 Å². The number of ether oxygens (including phenoxy) is 2. The smallest absolute Gasteiger partial charge is 0.251 e. The molecular formula is C28H24N4O3. The minimum atomic E-state index is -0.769. The molecule has 5 rings (SSSR count). The predicted octanol–water partition coefficient (Wildman–Crippen LogP) is 4.55. The number of hydrogen-bond donors (Lipinski definition) is 1. The lowest BCUT2D eigenvalue weighted by Crippen LogP contribution is -2.33. The maximum atomic E-state index is 12.9. The van der Waals surface area contributed by atoms with Gasteiger partial charge in [-0.05, 0) is 60.5 Å². The summed E-state index contributed by atoms with van der Waals surface area (Å²) in [6, 6.07) is 21.3. The van der Waals surface area contributed by atoms with Crippen LogP contribution < -0.4 is 10.1 Å². The van der Waals surface area contributed by atoms with Gasteiger partial charge >= 0.3 is 0 Å². The minimum Gasteiger partial charge on any atom is -0.496 e. The molecule has 0 unspecified atom stereocenters. The molecular weight excluding hydrogens is 440 g/mol. The van der Waals surface area contributed by atoms with E-state index in [-0.39, 0.29) is 12.5 Å². The first-order valence-corrected chi connectivity index (χ1v) is 11.3. The zero-order valence-corrected chi connectivity index (χ0v) is 19.5. The third-order valence-corrected chi connectivity index (χ3v) is 6.30. The molecule has 1 N–H and O–H groups in total. The van der Waals surface area contributed by atoms with Gasteiger partial charge in [-0.2, -0.15) is 5.26 Å². The molecule has 0 radical (unpaired) electrons. The fourth-order valence-corrected chi connectivity index (χ4v) is 4.33. The van der Waals surface area contributed by atoms with Crippen molar-refractivity contribution in [2.24, 2.45) is 0 Å². The summed E-state index contributed by atoms with van der Waals surface area (Å²) >= 11 is 0. The van der Waals surface area contributed by atoms with E-state index in [2.05, 4.69) is 16.4 Å². The molecule has 7 heteroatoms. The van der Waals surface area contributed by atoms with Gasteiger partial charge in [0, 0.05) is 22.7 Å². The molecule has 7 nitrogen and oxygen atoms in total. The lowest BCUT2D eigenvalue weighted by atomic mass is 9.79. The second kappa shape index (κ2) is 9.16. The normalized spacial score (nSPS) is 16.8. The second-order valence-electron chi connectivity index (χ2n) is 8.76. The Morgan fingerprint density at radius 3 is 2.89 bits per heavy atom. The van der Waals surface area contributed by atoms with E-state index < -0.39 is 5.41 Å². The van der Waals surface area contributed by atoms with Gasteiger partial charge < -0.3 is 14.8 Å². The van der Waals surface area contributed by atoms with Crippen LogP contribution in [-0.2, 0) is 23.3 Å². The molecule has 0 saturated carbocycles. The Hall–Kier alpha value is -4.28. The van der Waals surface area contributed by atoms with Crippen LogP contribution in [0.4, 0.5) is 0 Å². The Labute approximate surface area is 203 Å². The van der Waals surface area contributed by atoms with Crippen LogP contribution in [-0.4, -0.2) is 29.6 Å². The highest BCUT2D eigenvalue weighted by Crippen LogP contribution is 2.33. The molecule has 4 aromatic rings. The number of nitrogens with zero attached hydrogens (tertiary/aromatic N) is 3. The standard InChI is InChI=1S/C28H24N4O3/c1-28(16-29)17-35-15-20-8-7-18(11-23(20)28)27(33)31-14-21-12-25-19(13-30-21)9-10-24(32-25)22-5-3-4-6-26(22)34-2/h3-13H,14-15,17H2,1-2H3,(H,31,33)/t28-/m1/s1. The summed E-state index contributed by atoms with van der Waals surface area (Å²) in [5.41, 5.74) is 4.70.